The number of thioether (sulfide) groups is 1. The molecule has 1 aliphatic heterocycles. The van der Waals surface area contributed by atoms with Crippen molar-refractivity contribution in [2.75, 3.05) is 18.8 Å². The first-order valence-corrected chi connectivity index (χ1v) is 9.78. The number of nitrogens with one attached hydrogen (secondary N) is 2. The van der Waals surface area contributed by atoms with Gasteiger partial charge in [-0.3, -0.25) is 4.79 Å². The molecule has 0 spiro atoms. The van der Waals surface area contributed by atoms with Crippen molar-refractivity contribution in [3.8, 4) is 11.5 Å². The Hall–Kier alpha value is -2.67. The molecular formula is C19H19N3O3S. The lowest BCUT2D eigenvalue weighted by Crippen LogP contribution is -2.29. The Morgan fingerprint density at radius 1 is 1.27 bits per heavy atom. The normalized spacial score (nSPS) is 13.7. The van der Waals surface area contributed by atoms with E-state index < -0.39 is 0 Å². The third kappa shape index (κ3) is 3.35. The number of para-hydroxylation sites is 2. The molecule has 2 N–H and O–H groups in total. The Labute approximate surface area is 155 Å². The van der Waals surface area contributed by atoms with Gasteiger partial charge in [0.2, 0.25) is 6.79 Å². The Balaban J connectivity index is 1.57. The summed E-state index contributed by atoms with van der Waals surface area (Å²) in [6.07, 6.45) is 2.84. The van der Waals surface area contributed by atoms with E-state index in [4.69, 9.17) is 9.47 Å². The second-order valence-electron chi connectivity index (χ2n) is 6.01. The molecule has 0 radical (unpaired) electrons. The van der Waals surface area contributed by atoms with Crippen LogP contribution in [0.25, 0.3) is 11.0 Å². The quantitative estimate of drug-likeness (QED) is 0.695. The first kappa shape index (κ1) is 16.8. The van der Waals surface area contributed by atoms with Crippen LogP contribution in [-0.2, 0) is 0 Å². The highest BCUT2D eigenvalue weighted by Crippen LogP contribution is 2.32. The molecule has 1 aromatic heterocycles. The number of nitrogens with zero attached hydrogens (tertiary/aromatic N) is 1. The largest absolute Gasteiger partial charge is 0.454 e. The summed E-state index contributed by atoms with van der Waals surface area (Å²) >= 11 is 1.74. The molecule has 0 saturated heterocycles. The van der Waals surface area contributed by atoms with Crippen molar-refractivity contribution in [2.45, 2.75) is 12.5 Å². The van der Waals surface area contributed by atoms with Crippen LogP contribution in [0.2, 0.25) is 0 Å². The van der Waals surface area contributed by atoms with Crippen molar-refractivity contribution in [1.29, 1.82) is 0 Å². The Morgan fingerprint density at radius 3 is 2.96 bits per heavy atom. The number of hydrogen-bond acceptors (Lipinski definition) is 5. The summed E-state index contributed by atoms with van der Waals surface area (Å²) in [6.45, 7) is 0.190. The molecule has 2 aromatic carbocycles. The highest BCUT2D eigenvalue weighted by molar-refractivity contribution is 7.98. The van der Waals surface area contributed by atoms with Crippen molar-refractivity contribution in [3.63, 3.8) is 0 Å². The summed E-state index contributed by atoms with van der Waals surface area (Å²) < 4.78 is 10.7. The molecule has 2 heterocycles. The van der Waals surface area contributed by atoms with Crippen LogP contribution in [-0.4, -0.2) is 34.7 Å². The number of hydrogen-bond donors (Lipinski definition) is 2. The fourth-order valence-corrected chi connectivity index (χ4v) is 3.40. The molecule has 0 bridgehead atoms. The van der Waals surface area contributed by atoms with Gasteiger partial charge in [0.05, 0.1) is 17.1 Å². The third-order valence-corrected chi connectivity index (χ3v) is 4.93. The predicted octanol–water partition coefficient (Wildman–Crippen LogP) is 3.52. The summed E-state index contributed by atoms with van der Waals surface area (Å²) in [5, 5.41) is 3.09. The monoisotopic (exact) mass is 369 g/mol. The molecule has 134 valence electrons. The molecule has 1 aliphatic rings. The van der Waals surface area contributed by atoms with Crippen molar-refractivity contribution in [3.05, 3.63) is 53.9 Å². The van der Waals surface area contributed by atoms with E-state index in [0.717, 1.165) is 29.0 Å². The summed E-state index contributed by atoms with van der Waals surface area (Å²) in [7, 11) is 0. The van der Waals surface area contributed by atoms with E-state index in [1.807, 2.05) is 24.3 Å². The Bertz CT molecular complexity index is 908. The lowest BCUT2D eigenvalue weighted by atomic mass is 10.1. The van der Waals surface area contributed by atoms with Gasteiger partial charge >= 0.3 is 0 Å². The lowest BCUT2D eigenvalue weighted by Gasteiger charge is -2.16. The van der Waals surface area contributed by atoms with Gasteiger partial charge in [0.1, 0.15) is 5.82 Å². The van der Waals surface area contributed by atoms with Crippen LogP contribution < -0.4 is 14.8 Å². The number of benzene rings is 2. The first-order valence-electron chi connectivity index (χ1n) is 8.38. The van der Waals surface area contributed by atoms with E-state index >= 15 is 0 Å². The molecule has 0 saturated carbocycles. The molecular weight excluding hydrogens is 350 g/mol. The van der Waals surface area contributed by atoms with Gasteiger partial charge in [0, 0.05) is 5.56 Å². The Kier molecular flexibility index (Phi) is 4.71. The molecule has 0 aliphatic carbocycles. The van der Waals surface area contributed by atoms with E-state index in [9.17, 15) is 4.79 Å². The average molecular weight is 369 g/mol. The highest BCUT2D eigenvalue weighted by atomic mass is 32.2. The topological polar surface area (TPSA) is 76.2 Å². The summed E-state index contributed by atoms with van der Waals surface area (Å²) in [5.41, 5.74) is 2.41. The molecule has 7 heteroatoms. The smallest absolute Gasteiger partial charge is 0.252 e. The van der Waals surface area contributed by atoms with Crippen LogP contribution >= 0.6 is 11.8 Å². The minimum Gasteiger partial charge on any atom is -0.454 e. The highest BCUT2D eigenvalue weighted by Gasteiger charge is 2.21. The standard InChI is InChI=1S/C19H19N3O3S/c1-26-9-8-15(18-20-13-4-2-3-5-14(13)21-18)22-19(23)12-6-7-16-17(10-12)25-11-24-16/h2-7,10,15H,8-9,11H2,1H3,(H,20,21)(H,22,23). The molecule has 26 heavy (non-hydrogen) atoms. The second-order valence-corrected chi connectivity index (χ2v) is 7.00. The summed E-state index contributed by atoms with van der Waals surface area (Å²) in [6, 6.07) is 12.9. The van der Waals surface area contributed by atoms with E-state index in [1.54, 1.807) is 30.0 Å². The maximum atomic E-state index is 12.8. The van der Waals surface area contributed by atoms with Crippen LogP contribution in [0.4, 0.5) is 0 Å². The minimum atomic E-state index is -0.187. The van der Waals surface area contributed by atoms with Gasteiger partial charge in [0.25, 0.3) is 5.91 Å². The van der Waals surface area contributed by atoms with Crippen LogP contribution in [0.15, 0.2) is 42.5 Å². The number of imidazole rings is 1. The van der Waals surface area contributed by atoms with Gasteiger partial charge in [-0.25, -0.2) is 4.98 Å². The average Bonchev–Trinajstić information content (AvgIpc) is 3.30. The number of carbonyl (C=O) groups excluding carboxylic acids is 1. The van der Waals surface area contributed by atoms with Gasteiger partial charge in [-0.2, -0.15) is 11.8 Å². The van der Waals surface area contributed by atoms with Gasteiger partial charge in [0.15, 0.2) is 11.5 Å². The van der Waals surface area contributed by atoms with Crippen LogP contribution in [0.5, 0.6) is 11.5 Å². The zero-order chi connectivity index (χ0) is 17.9. The first-order chi connectivity index (χ1) is 12.7. The molecule has 6 nitrogen and oxygen atoms in total. The second kappa shape index (κ2) is 7.29. The van der Waals surface area contributed by atoms with E-state index in [0.29, 0.717) is 17.1 Å². The van der Waals surface area contributed by atoms with Crippen LogP contribution in [0, 0.1) is 0 Å². The SMILES string of the molecule is CSCCC(NC(=O)c1ccc2c(c1)OCO2)c1nc2ccccc2[nH]1. The summed E-state index contributed by atoms with van der Waals surface area (Å²) in [5.74, 6) is 2.80. The van der Waals surface area contributed by atoms with E-state index in [2.05, 4.69) is 21.5 Å². The number of amides is 1. The molecule has 3 aromatic rings. The number of aromatic nitrogens is 2. The van der Waals surface area contributed by atoms with E-state index in [1.165, 1.54) is 0 Å². The van der Waals surface area contributed by atoms with Crippen molar-refractivity contribution >= 4 is 28.7 Å². The van der Waals surface area contributed by atoms with Gasteiger partial charge < -0.3 is 19.8 Å². The maximum Gasteiger partial charge on any atom is 0.252 e. The zero-order valence-electron chi connectivity index (χ0n) is 14.3. The molecule has 1 atom stereocenters. The fraction of sp³-hybridized carbons (Fsp3) is 0.263. The third-order valence-electron chi connectivity index (χ3n) is 4.29. The van der Waals surface area contributed by atoms with Crippen molar-refractivity contribution < 1.29 is 14.3 Å². The van der Waals surface area contributed by atoms with Crippen molar-refractivity contribution in [1.82, 2.24) is 15.3 Å². The van der Waals surface area contributed by atoms with Gasteiger partial charge in [-0.1, -0.05) is 12.1 Å². The maximum absolute atomic E-state index is 12.8. The molecule has 4 rings (SSSR count). The number of H-pyrrole nitrogens is 1. The molecule has 0 fully saturated rings. The minimum absolute atomic E-state index is 0.158. The Morgan fingerprint density at radius 2 is 2.12 bits per heavy atom. The molecule has 1 amide bonds. The van der Waals surface area contributed by atoms with E-state index in [-0.39, 0.29) is 18.7 Å². The summed E-state index contributed by atoms with van der Waals surface area (Å²) in [4.78, 5) is 20.7. The molecule has 1 unspecified atom stereocenters. The predicted molar refractivity (Wildman–Crippen MR) is 102 cm³/mol. The van der Waals surface area contributed by atoms with Crippen LogP contribution in [0.1, 0.15) is 28.6 Å². The van der Waals surface area contributed by atoms with Gasteiger partial charge in [-0.15, -0.1) is 0 Å². The van der Waals surface area contributed by atoms with Crippen molar-refractivity contribution in [2.24, 2.45) is 0 Å². The number of rotatable bonds is 6. The lowest BCUT2D eigenvalue weighted by molar-refractivity contribution is 0.0933. The zero-order valence-corrected chi connectivity index (χ0v) is 15.1. The number of carbonyl (C=O) groups is 1. The number of aromatic amines is 1. The number of ether oxygens (including phenoxy) is 2. The fourth-order valence-electron chi connectivity index (χ4n) is 2.93. The van der Waals surface area contributed by atoms with Crippen LogP contribution in [0.3, 0.4) is 0 Å². The van der Waals surface area contributed by atoms with Gasteiger partial charge in [-0.05, 0) is 48.8 Å². The number of fused-ring (bicyclic) bond motifs is 2.